The minimum atomic E-state index is 0.132. The molecule has 1 N–H and O–H groups in total. The van der Waals surface area contributed by atoms with Crippen LogP contribution >= 0.6 is 0 Å². The first-order chi connectivity index (χ1) is 11.2. The van der Waals surface area contributed by atoms with Crippen molar-refractivity contribution in [1.29, 1.82) is 5.26 Å². The van der Waals surface area contributed by atoms with Crippen molar-refractivity contribution in [3.63, 3.8) is 0 Å². The number of hydrogen-bond donors (Lipinski definition) is 1. The molecule has 0 unspecified atom stereocenters. The number of hydrogen-bond acceptors (Lipinski definition) is 3. The number of anilines is 2. The Morgan fingerprint density at radius 3 is 2.42 bits per heavy atom. The molecule has 1 heterocycles. The smallest absolute Gasteiger partial charge is 0.106 e. The number of fused-ring (bicyclic) bond motifs is 1. The number of aryl methyl sites for hydroxylation is 2. The Morgan fingerprint density at radius 2 is 1.83 bits per heavy atom. The third kappa shape index (κ3) is 3.11. The first-order valence-corrected chi connectivity index (χ1v) is 9.25. The first kappa shape index (κ1) is 17.1. The van der Waals surface area contributed by atoms with Gasteiger partial charge in [0.05, 0.1) is 23.0 Å². The van der Waals surface area contributed by atoms with Crippen LogP contribution in [0.15, 0.2) is 12.1 Å². The molecule has 0 amide bonds. The molecule has 1 saturated carbocycles. The van der Waals surface area contributed by atoms with Gasteiger partial charge in [0.15, 0.2) is 0 Å². The molecule has 1 aromatic carbocycles. The molecule has 3 nitrogen and oxygen atoms in total. The summed E-state index contributed by atoms with van der Waals surface area (Å²) >= 11 is 0. The van der Waals surface area contributed by atoms with Gasteiger partial charge in [0.25, 0.3) is 0 Å². The standard InChI is InChI=1S/C21H31N3/c1-15-12-18-19(13-16(15)2)24(11-10-22)14-21(23-18)8-6-17(7-9-21)20(3,4)5/h12-13,17,23H,6-9,11,14H2,1-5H3. The van der Waals surface area contributed by atoms with Gasteiger partial charge in [-0.25, -0.2) is 0 Å². The van der Waals surface area contributed by atoms with E-state index in [1.54, 1.807) is 0 Å². The molecule has 3 rings (SSSR count). The number of nitriles is 1. The quantitative estimate of drug-likeness (QED) is 0.736. The summed E-state index contributed by atoms with van der Waals surface area (Å²) in [6.45, 7) is 12.9. The zero-order valence-electron chi connectivity index (χ0n) is 15.9. The lowest BCUT2D eigenvalue weighted by Crippen LogP contribution is -2.55. The summed E-state index contributed by atoms with van der Waals surface area (Å²) in [5, 5.41) is 13.2. The van der Waals surface area contributed by atoms with Gasteiger partial charge in [0, 0.05) is 6.54 Å². The Kier molecular flexibility index (Phi) is 4.28. The maximum Gasteiger partial charge on any atom is 0.106 e. The van der Waals surface area contributed by atoms with E-state index in [0.29, 0.717) is 12.0 Å². The molecule has 3 heteroatoms. The maximum atomic E-state index is 9.29. The van der Waals surface area contributed by atoms with Crippen LogP contribution in [-0.4, -0.2) is 18.6 Å². The van der Waals surface area contributed by atoms with Gasteiger partial charge in [0.2, 0.25) is 0 Å². The lowest BCUT2D eigenvalue weighted by Gasteiger charge is -2.50. The molecule has 0 aromatic heterocycles. The second-order valence-electron chi connectivity index (χ2n) is 9.01. The monoisotopic (exact) mass is 325 g/mol. The van der Waals surface area contributed by atoms with Gasteiger partial charge >= 0.3 is 0 Å². The van der Waals surface area contributed by atoms with Crippen molar-refractivity contribution < 1.29 is 0 Å². The summed E-state index contributed by atoms with van der Waals surface area (Å²) in [5.41, 5.74) is 5.56. The normalized spacial score (nSPS) is 26.7. The SMILES string of the molecule is Cc1cc2c(cc1C)N(CC#N)CC1(CCC(C(C)(C)C)CC1)N2. The molecule has 0 bridgehead atoms. The molecular weight excluding hydrogens is 294 g/mol. The van der Waals surface area contributed by atoms with Crippen LogP contribution in [-0.2, 0) is 0 Å². The van der Waals surface area contributed by atoms with E-state index in [9.17, 15) is 5.26 Å². The minimum Gasteiger partial charge on any atom is -0.376 e. The number of nitrogens with one attached hydrogen (secondary N) is 1. The van der Waals surface area contributed by atoms with E-state index in [0.717, 1.165) is 12.5 Å². The Balaban J connectivity index is 1.88. The van der Waals surface area contributed by atoms with Gasteiger partial charge in [-0.2, -0.15) is 5.26 Å². The van der Waals surface area contributed by atoms with Crippen LogP contribution in [0.25, 0.3) is 0 Å². The van der Waals surface area contributed by atoms with Crippen LogP contribution in [0.2, 0.25) is 0 Å². The van der Waals surface area contributed by atoms with Crippen LogP contribution in [0.3, 0.4) is 0 Å². The highest BCUT2D eigenvalue weighted by molar-refractivity contribution is 5.76. The topological polar surface area (TPSA) is 39.1 Å². The fourth-order valence-corrected chi connectivity index (χ4v) is 4.48. The maximum absolute atomic E-state index is 9.29. The second kappa shape index (κ2) is 5.99. The number of benzene rings is 1. The lowest BCUT2D eigenvalue weighted by atomic mass is 9.66. The van der Waals surface area contributed by atoms with Crippen molar-refractivity contribution in [2.24, 2.45) is 11.3 Å². The summed E-state index contributed by atoms with van der Waals surface area (Å²) in [6, 6.07) is 6.87. The number of nitrogens with zero attached hydrogens (tertiary/aromatic N) is 2. The van der Waals surface area contributed by atoms with Crippen LogP contribution < -0.4 is 10.2 Å². The van der Waals surface area contributed by atoms with E-state index in [-0.39, 0.29) is 5.54 Å². The fourth-order valence-electron chi connectivity index (χ4n) is 4.48. The molecule has 0 radical (unpaired) electrons. The molecule has 1 fully saturated rings. The van der Waals surface area contributed by atoms with Gasteiger partial charge in [-0.15, -0.1) is 0 Å². The van der Waals surface area contributed by atoms with Crippen molar-refractivity contribution in [2.45, 2.75) is 65.8 Å². The van der Waals surface area contributed by atoms with Crippen molar-refractivity contribution in [1.82, 2.24) is 0 Å². The van der Waals surface area contributed by atoms with E-state index >= 15 is 0 Å². The Labute approximate surface area is 147 Å². The molecule has 1 aliphatic carbocycles. The van der Waals surface area contributed by atoms with Crippen molar-refractivity contribution in [3.8, 4) is 6.07 Å². The van der Waals surface area contributed by atoms with E-state index in [1.165, 1.54) is 48.2 Å². The molecule has 24 heavy (non-hydrogen) atoms. The third-order valence-electron chi connectivity index (χ3n) is 6.28. The van der Waals surface area contributed by atoms with E-state index in [4.69, 9.17) is 0 Å². The van der Waals surface area contributed by atoms with Gasteiger partial charge in [-0.05, 0) is 74.1 Å². The molecule has 130 valence electrons. The molecule has 2 aliphatic rings. The summed E-state index contributed by atoms with van der Waals surface area (Å²) in [4.78, 5) is 2.29. The molecule has 1 aromatic rings. The van der Waals surface area contributed by atoms with Crippen molar-refractivity contribution >= 4 is 11.4 Å². The highest BCUT2D eigenvalue weighted by Crippen LogP contribution is 2.46. The van der Waals surface area contributed by atoms with Crippen molar-refractivity contribution in [2.75, 3.05) is 23.3 Å². The summed E-state index contributed by atoms with van der Waals surface area (Å²) in [7, 11) is 0. The Bertz CT molecular complexity index is 655. The largest absolute Gasteiger partial charge is 0.376 e. The number of rotatable bonds is 1. The average Bonchev–Trinajstić information content (AvgIpc) is 2.49. The van der Waals surface area contributed by atoms with Crippen LogP contribution in [0.5, 0.6) is 0 Å². The van der Waals surface area contributed by atoms with Gasteiger partial charge in [-0.1, -0.05) is 20.8 Å². The Hall–Kier alpha value is -1.69. The van der Waals surface area contributed by atoms with E-state index in [2.05, 4.69) is 63.0 Å². The molecule has 1 aliphatic heterocycles. The minimum absolute atomic E-state index is 0.132. The first-order valence-electron chi connectivity index (χ1n) is 9.25. The Morgan fingerprint density at radius 1 is 1.21 bits per heavy atom. The fraction of sp³-hybridized carbons (Fsp3) is 0.667. The summed E-state index contributed by atoms with van der Waals surface area (Å²) in [6.07, 6.45) is 4.95. The van der Waals surface area contributed by atoms with E-state index < -0.39 is 0 Å². The predicted octanol–water partition coefficient (Wildman–Crippen LogP) is 5.03. The third-order valence-corrected chi connectivity index (χ3v) is 6.28. The van der Waals surface area contributed by atoms with Gasteiger partial charge in [-0.3, -0.25) is 0 Å². The average molecular weight is 326 g/mol. The predicted molar refractivity (Wildman–Crippen MR) is 102 cm³/mol. The molecule has 0 saturated heterocycles. The van der Waals surface area contributed by atoms with Crippen LogP contribution in [0.1, 0.15) is 57.6 Å². The molecular formula is C21H31N3. The zero-order valence-corrected chi connectivity index (χ0v) is 15.9. The highest BCUT2D eigenvalue weighted by atomic mass is 15.2. The summed E-state index contributed by atoms with van der Waals surface area (Å²) in [5.74, 6) is 0.801. The van der Waals surface area contributed by atoms with Gasteiger partial charge in [0.1, 0.15) is 6.54 Å². The second-order valence-corrected chi connectivity index (χ2v) is 9.01. The van der Waals surface area contributed by atoms with Crippen LogP contribution in [0.4, 0.5) is 11.4 Å². The van der Waals surface area contributed by atoms with E-state index in [1.807, 2.05) is 0 Å². The zero-order chi connectivity index (χ0) is 17.5. The van der Waals surface area contributed by atoms with Gasteiger partial charge < -0.3 is 10.2 Å². The van der Waals surface area contributed by atoms with Crippen molar-refractivity contribution in [3.05, 3.63) is 23.3 Å². The molecule has 0 atom stereocenters. The molecule has 1 spiro atoms. The summed E-state index contributed by atoms with van der Waals surface area (Å²) < 4.78 is 0. The van der Waals surface area contributed by atoms with Crippen LogP contribution in [0, 0.1) is 36.5 Å². The lowest BCUT2D eigenvalue weighted by molar-refractivity contribution is 0.143. The highest BCUT2D eigenvalue weighted by Gasteiger charge is 2.42.